The van der Waals surface area contributed by atoms with Crippen molar-refractivity contribution >= 4 is 25.7 Å². The van der Waals surface area contributed by atoms with Gasteiger partial charge in [0.2, 0.25) is 0 Å². The minimum Gasteiger partial charge on any atom is -0.462 e. The minimum absolute atomic E-state index is 0.148. The first-order valence-corrected chi connectivity index (χ1v) is 6.34. The van der Waals surface area contributed by atoms with E-state index in [9.17, 15) is 13.2 Å². The molecule has 0 amide bonds. The highest BCUT2D eigenvalue weighted by molar-refractivity contribution is 8.13. The van der Waals surface area contributed by atoms with Gasteiger partial charge in [-0.25, -0.2) is 18.2 Å². The molecule has 1 aromatic rings. The molecule has 0 atom stereocenters. The lowest BCUT2D eigenvalue weighted by Gasteiger charge is -2.04. The van der Waals surface area contributed by atoms with Crippen LogP contribution in [0.15, 0.2) is 23.4 Å². The van der Waals surface area contributed by atoms with Crippen LogP contribution in [0.5, 0.6) is 0 Å². The van der Waals surface area contributed by atoms with Crippen LogP contribution in [0.1, 0.15) is 17.3 Å². The van der Waals surface area contributed by atoms with Gasteiger partial charge < -0.3 is 4.74 Å². The molecule has 0 aliphatic carbocycles. The van der Waals surface area contributed by atoms with Gasteiger partial charge in [0.1, 0.15) is 0 Å². The fraction of sp³-hybridized carbons (Fsp3) is 0.250. The third kappa shape index (κ3) is 2.90. The van der Waals surface area contributed by atoms with Gasteiger partial charge in [0, 0.05) is 16.9 Å². The number of pyridine rings is 1. The second-order valence-electron chi connectivity index (χ2n) is 2.51. The molecule has 7 heteroatoms. The molecular weight excluding hydrogens is 242 g/mol. The molecule has 0 unspecified atom stereocenters. The van der Waals surface area contributed by atoms with Crippen molar-refractivity contribution in [2.75, 3.05) is 6.61 Å². The third-order valence-corrected chi connectivity index (χ3v) is 2.72. The van der Waals surface area contributed by atoms with Crippen molar-refractivity contribution < 1.29 is 17.9 Å². The Morgan fingerprint density at radius 1 is 1.60 bits per heavy atom. The lowest BCUT2D eigenvalue weighted by atomic mass is 10.3. The summed E-state index contributed by atoms with van der Waals surface area (Å²) in [6.45, 7) is 1.76. The van der Waals surface area contributed by atoms with Crippen LogP contribution in [-0.2, 0) is 13.8 Å². The van der Waals surface area contributed by atoms with E-state index in [0.717, 1.165) is 0 Å². The number of carbonyl (C=O) groups is 1. The average Bonchev–Trinajstić information content (AvgIpc) is 2.17. The summed E-state index contributed by atoms with van der Waals surface area (Å²) in [7, 11) is 1.07. The molecule has 15 heavy (non-hydrogen) atoms. The number of nitrogens with zero attached hydrogens (tertiary/aromatic N) is 1. The topological polar surface area (TPSA) is 73.3 Å². The van der Waals surface area contributed by atoms with E-state index in [2.05, 4.69) is 9.72 Å². The summed E-state index contributed by atoms with van der Waals surface area (Å²) >= 11 is 0. The van der Waals surface area contributed by atoms with E-state index in [1.165, 1.54) is 18.3 Å². The van der Waals surface area contributed by atoms with E-state index in [-0.39, 0.29) is 12.2 Å². The maximum atomic E-state index is 11.3. The summed E-state index contributed by atoms with van der Waals surface area (Å²) in [6.07, 6.45) is 1.23. The maximum absolute atomic E-state index is 11.3. The van der Waals surface area contributed by atoms with Gasteiger partial charge in [-0.05, 0) is 19.1 Å². The molecule has 0 N–H and O–H groups in total. The third-order valence-electron chi connectivity index (χ3n) is 1.50. The first-order valence-electron chi connectivity index (χ1n) is 4.03. The Balaban J connectivity index is 3.25. The molecule has 5 nitrogen and oxygen atoms in total. The van der Waals surface area contributed by atoms with Crippen molar-refractivity contribution in [3.8, 4) is 0 Å². The Morgan fingerprint density at radius 2 is 2.27 bits per heavy atom. The molecule has 0 aliphatic rings. The molecule has 0 spiro atoms. The van der Waals surface area contributed by atoms with Crippen LogP contribution in [-0.4, -0.2) is 26.0 Å². The van der Waals surface area contributed by atoms with Crippen LogP contribution >= 0.6 is 10.7 Å². The van der Waals surface area contributed by atoms with Gasteiger partial charge in [-0.2, -0.15) is 0 Å². The zero-order valence-electron chi connectivity index (χ0n) is 7.81. The molecule has 82 valence electrons. The Labute approximate surface area is 91.5 Å². The first kappa shape index (κ1) is 11.9. The number of carbonyl (C=O) groups excluding carboxylic acids is 1. The van der Waals surface area contributed by atoms with Gasteiger partial charge in [-0.1, -0.05) is 0 Å². The van der Waals surface area contributed by atoms with Gasteiger partial charge in [0.25, 0.3) is 9.05 Å². The normalized spacial score (nSPS) is 11.1. The van der Waals surface area contributed by atoms with Gasteiger partial charge >= 0.3 is 5.97 Å². The van der Waals surface area contributed by atoms with Crippen LogP contribution < -0.4 is 0 Å². The second-order valence-corrected chi connectivity index (χ2v) is 5.00. The van der Waals surface area contributed by atoms with Gasteiger partial charge in [0.05, 0.1) is 12.2 Å². The standard InChI is InChI=1S/C8H8ClNO4S/c1-2-14-8(11)6-4-3-5-10-7(6)15(9,12)13/h3-5H,2H2,1H3. The van der Waals surface area contributed by atoms with Crippen molar-refractivity contribution in [1.29, 1.82) is 0 Å². The summed E-state index contributed by atoms with van der Waals surface area (Å²) in [4.78, 5) is 14.9. The number of ether oxygens (including phenoxy) is 1. The lowest BCUT2D eigenvalue weighted by molar-refractivity contribution is 0.0521. The van der Waals surface area contributed by atoms with Crippen LogP contribution in [0.2, 0.25) is 0 Å². The Kier molecular flexibility index (Phi) is 3.65. The van der Waals surface area contributed by atoms with E-state index in [1.807, 2.05) is 0 Å². The minimum atomic E-state index is -4.04. The zero-order valence-corrected chi connectivity index (χ0v) is 9.38. The highest BCUT2D eigenvalue weighted by atomic mass is 35.7. The number of halogens is 1. The molecular formula is C8H8ClNO4S. The molecule has 1 rings (SSSR count). The zero-order chi connectivity index (χ0) is 11.5. The van der Waals surface area contributed by atoms with Gasteiger partial charge in [-0.15, -0.1) is 0 Å². The summed E-state index contributed by atoms with van der Waals surface area (Å²) in [5.41, 5.74) is -0.158. The maximum Gasteiger partial charge on any atom is 0.341 e. The number of hydrogen-bond donors (Lipinski definition) is 0. The molecule has 1 aromatic heterocycles. The van der Waals surface area contributed by atoms with Crippen LogP contribution in [0.3, 0.4) is 0 Å². The number of rotatable bonds is 3. The van der Waals surface area contributed by atoms with Crippen molar-refractivity contribution in [1.82, 2.24) is 4.98 Å². The highest BCUT2D eigenvalue weighted by Gasteiger charge is 2.22. The fourth-order valence-electron chi connectivity index (χ4n) is 0.949. The van der Waals surface area contributed by atoms with Crippen LogP contribution in [0.25, 0.3) is 0 Å². The predicted octanol–water partition coefficient (Wildman–Crippen LogP) is 1.19. The SMILES string of the molecule is CCOC(=O)c1cccnc1S(=O)(=O)Cl. The molecule has 0 saturated heterocycles. The monoisotopic (exact) mass is 249 g/mol. The van der Waals surface area contributed by atoms with Crippen molar-refractivity contribution in [2.45, 2.75) is 11.9 Å². The van der Waals surface area contributed by atoms with Crippen molar-refractivity contribution in [3.05, 3.63) is 23.9 Å². The molecule has 0 fully saturated rings. The van der Waals surface area contributed by atoms with E-state index in [1.54, 1.807) is 6.92 Å². The number of esters is 1. The molecule has 0 bridgehead atoms. The van der Waals surface area contributed by atoms with Crippen molar-refractivity contribution in [2.24, 2.45) is 0 Å². The summed E-state index contributed by atoms with van der Waals surface area (Å²) in [5, 5.41) is -0.481. The molecule has 1 heterocycles. The predicted molar refractivity (Wildman–Crippen MR) is 53.2 cm³/mol. The first-order chi connectivity index (χ1) is 6.96. The number of hydrogen-bond acceptors (Lipinski definition) is 5. The summed E-state index contributed by atoms with van der Waals surface area (Å²) in [5.74, 6) is -0.759. The Morgan fingerprint density at radius 3 is 2.80 bits per heavy atom. The Bertz CT molecular complexity index is 471. The van der Waals surface area contributed by atoms with Crippen LogP contribution in [0.4, 0.5) is 0 Å². The molecule has 0 aliphatic heterocycles. The van der Waals surface area contributed by atoms with Gasteiger partial charge in [-0.3, -0.25) is 0 Å². The average molecular weight is 250 g/mol. The van der Waals surface area contributed by atoms with Gasteiger partial charge in [0.15, 0.2) is 5.03 Å². The lowest BCUT2D eigenvalue weighted by Crippen LogP contribution is -2.10. The summed E-state index contributed by atoms with van der Waals surface area (Å²) in [6, 6.07) is 2.72. The fourth-order valence-corrected chi connectivity index (χ4v) is 1.92. The highest BCUT2D eigenvalue weighted by Crippen LogP contribution is 2.17. The molecule has 0 aromatic carbocycles. The quantitative estimate of drug-likeness (QED) is 0.594. The molecule has 0 radical (unpaired) electrons. The van der Waals surface area contributed by atoms with Crippen molar-refractivity contribution in [3.63, 3.8) is 0 Å². The Hall–Kier alpha value is -1.14. The second kappa shape index (κ2) is 4.59. The van der Waals surface area contributed by atoms with E-state index < -0.39 is 20.0 Å². The molecule has 0 saturated carbocycles. The van der Waals surface area contributed by atoms with E-state index >= 15 is 0 Å². The van der Waals surface area contributed by atoms with E-state index in [0.29, 0.717) is 0 Å². The smallest absolute Gasteiger partial charge is 0.341 e. The van der Waals surface area contributed by atoms with Crippen LogP contribution in [0, 0.1) is 0 Å². The number of aromatic nitrogens is 1. The largest absolute Gasteiger partial charge is 0.462 e. The van der Waals surface area contributed by atoms with E-state index in [4.69, 9.17) is 10.7 Å². The summed E-state index contributed by atoms with van der Waals surface area (Å²) < 4.78 is 26.8.